The molecule has 0 unspecified atom stereocenters. The van der Waals surface area contributed by atoms with Gasteiger partial charge in [0, 0.05) is 105 Å². The van der Waals surface area contributed by atoms with Crippen LogP contribution in [0.4, 0.5) is 11.4 Å². The topological polar surface area (TPSA) is 211 Å². The first-order valence-corrected chi connectivity index (χ1v) is 30.5. The number of ether oxygens (including phenoxy) is 6. The van der Waals surface area contributed by atoms with Crippen molar-refractivity contribution in [2.45, 2.75) is 182 Å². The smallest absolute Gasteiger partial charge is 0.329 e. The van der Waals surface area contributed by atoms with Crippen LogP contribution in [0.15, 0.2) is 48.5 Å². The second kappa shape index (κ2) is 32.8. The van der Waals surface area contributed by atoms with Crippen LogP contribution in [0.3, 0.4) is 0 Å². The summed E-state index contributed by atoms with van der Waals surface area (Å²) in [4.78, 5) is 127. The van der Waals surface area contributed by atoms with Crippen molar-refractivity contribution in [3.63, 3.8) is 0 Å². The van der Waals surface area contributed by atoms with Crippen LogP contribution in [0.1, 0.15) is 132 Å². The highest BCUT2D eigenvalue weighted by Gasteiger charge is 2.43. The molecular weight excluding hydrogens is 1080 g/mol. The molecule has 2 aromatic rings. The first kappa shape index (κ1) is 68.5. The van der Waals surface area contributed by atoms with Gasteiger partial charge in [-0.25, -0.2) is 19.2 Å². The van der Waals surface area contributed by atoms with Crippen molar-refractivity contribution in [2.75, 3.05) is 90.6 Å². The fourth-order valence-electron chi connectivity index (χ4n) is 11.0. The molecule has 20 heteroatoms. The van der Waals surface area contributed by atoms with Gasteiger partial charge in [0.05, 0.1) is 0 Å². The predicted octanol–water partition coefficient (Wildman–Crippen LogP) is 6.90. The van der Waals surface area contributed by atoms with E-state index in [0.717, 1.165) is 73.0 Å². The van der Waals surface area contributed by atoms with E-state index < -0.39 is 96.1 Å². The van der Waals surface area contributed by atoms with E-state index in [1.165, 1.54) is 51.8 Å². The summed E-state index contributed by atoms with van der Waals surface area (Å²) in [6.45, 7) is 23.5. The lowest BCUT2D eigenvalue weighted by atomic mass is 9.99. The molecule has 5 rings (SSSR count). The van der Waals surface area contributed by atoms with E-state index in [2.05, 4.69) is 9.80 Å². The van der Waals surface area contributed by atoms with Crippen LogP contribution in [0, 0.1) is 23.7 Å². The molecule has 468 valence electrons. The van der Waals surface area contributed by atoms with Gasteiger partial charge in [-0.05, 0) is 124 Å². The quantitative estimate of drug-likeness (QED) is 0.139. The molecule has 84 heavy (non-hydrogen) atoms. The summed E-state index contributed by atoms with van der Waals surface area (Å²) in [5.74, 6) is -7.24. The average molecular weight is 1180 g/mol. The maximum Gasteiger partial charge on any atom is 0.329 e. The third-order valence-electron chi connectivity index (χ3n) is 15.8. The molecule has 0 spiro atoms. The SMILES string of the molecule is CC(C)C[C@H]1C(=O)O[C@H](Cc2ccc(N3CCCOCCC3)cc2)C(=O)N(C)[C@@H](CC(C)C)C(=O)O[C@H](C)C(=O)N(C)[C@@H](CC(C)C)C(=O)O[C@H](Cc2ccc(N3CCCOCCC3)cc2)C(=O)N(C)[C@@H](CC(C)C)C(=O)O[C@H](C)C(=O)N1C. The van der Waals surface area contributed by atoms with Gasteiger partial charge >= 0.3 is 23.9 Å². The molecule has 0 bridgehead atoms. The second-order valence-electron chi connectivity index (χ2n) is 24.7. The Balaban J connectivity index is 1.58. The van der Waals surface area contributed by atoms with Gasteiger partial charge in [-0.15, -0.1) is 0 Å². The molecule has 0 N–H and O–H groups in total. The standard InChI is InChI=1S/C64H98N6O14/c1-41(2)35-51-61(75)81-45(9)57(71)65(11)54(38-44(7)8)64(78)84-56(40-48-21-25-50(26-22-48)70-29-17-33-80-34-18-30-70)60(74)68(14)52(36-42(3)4)62(76)82-46(10)58(72)66(12)53(37-43(5)6)63(77)83-55(59(73)67(51)13)39-47-19-23-49(24-20-47)69-27-15-31-79-32-16-28-69/h19-26,41-46,51-56H,15-18,27-40H2,1-14H3/t45-,46-,51+,52+,53+,54+,55-,56-/m1/s1. The van der Waals surface area contributed by atoms with Crippen LogP contribution >= 0.6 is 0 Å². The molecule has 4 amide bonds. The number of anilines is 2. The minimum Gasteiger partial charge on any atom is -0.451 e. The number of carbonyl (C=O) groups excluding carboxylic acids is 8. The summed E-state index contributed by atoms with van der Waals surface area (Å²) < 4.78 is 35.7. The fraction of sp³-hybridized carbons (Fsp3) is 0.688. The molecule has 0 aliphatic carbocycles. The largest absolute Gasteiger partial charge is 0.451 e. The molecule has 3 aliphatic rings. The lowest BCUT2D eigenvalue weighted by Gasteiger charge is -2.35. The van der Waals surface area contributed by atoms with Crippen molar-refractivity contribution in [2.24, 2.45) is 23.7 Å². The number of hydrogen-bond acceptors (Lipinski definition) is 16. The number of amides is 4. The zero-order valence-corrected chi connectivity index (χ0v) is 52.7. The van der Waals surface area contributed by atoms with Crippen molar-refractivity contribution >= 4 is 58.9 Å². The van der Waals surface area contributed by atoms with E-state index in [1.807, 2.05) is 104 Å². The first-order valence-electron chi connectivity index (χ1n) is 30.5. The first-order chi connectivity index (χ1) is 39.8. The highest BCUT2D eigenvalue weighted by molar-refractivity contribution is 5.94. The van der Waals surface area contributed by atoms with Crippen LogP contribution in [0.25, 0.3) is 0 Å². The van der Waals surface area contributed by atoms with Crippen LogP contribution in [0.5, 0.6) is 0 Å². The number of hydrogen-bond donors (Lipinski definition) is 0. The van der Waals surface area contributed by atoms with Gasteiger partial charge in [-0.3, -0.25) is 19.2 Å². The summed E-state index contributed by atoms with van der Waals surface area (Å²) in [6.07, 6.45) is -2.37. The van der Waals surface area contributed by atoms with Gasteiger partial charge in [0.1, 0.15) is 24.2 Å². The minimum atomic E-state index is -1.51. The Morgan fingerprint density at radius 3 is 0.893 bits per heavy atom. The molecule has 3 saturated heterocycles. The highest BCUT2D eigenvalue weighted by atomic mass is 16.6. The highest BCUT2D eigenvalue weighted by Crippen LogP contribution is 2.27. The predicted molar refractivity (Wildman–Crippen MR) is 320 cm³/mol. The second-order valence-corrected chi connectivity index (χ2v) is 24.7. The van der Waals surface area contributed by atoms with Crippen molar-refractivity contribution in [1.82, 2.24) is 19.6 Å². The summed E-state index contributed by atoms with van der Waals surface area (Å²) >= 11 is 0. The van der Waals surface area contributed by atoms with E-state index in [-0.39, 0.29) is 62.2 Å². The number of esters is 4. The lowest BCUT2D eigenvalue weighted by Crippen LogP contribution is -2.55. The summed E-state index contributed by atoms with van der Waals surface area (Å²) in [6, 6.07) is 10.2. The van der Waals surface area contributed by atoms with E-state index in [9.17, 15) is 28.8 Å². The molecule has 2 aromatic carbocycles. The third kappa shape index (κ3) is 19.9. The van der Waals surface area contributed by atoms with E-state index >= 15 is 9.59 Å². The monoisotopic (exact) mass is 1170 g/mol. The zero-order chi connectivity index (χ0) is 61.9. The average Bonchev–Trinajstić information content (AvgIpc) is 3.60. The van der Waals surface area contributed by atoms with Crippen molar-refractivity contribution in [3.05, 3.63) is 59.7 Å². The molecule has 0 aromatic heterocycles. The van der Waals surface area contributed by atoms with Gasteiger partial charge in [0.25, 0.3) is 23.6 Å². The van der Waals surface area contributed by atoms with Gasteiger partial charge in [-0.2, -0.15) is 0 Å². The lowest BCUT2D eigenvalue weighted by molar-refractivity contribution is -0.176. The van der Waals surface area contributed by atoms with Crippen molar-refractivity contribution in [1.29, 1.82) is 0 Å². The van der Waals surface area contributed by atoms with Crippen LogP contribution in [-0.4, -0.2) is 196 Å². The van der Waals surface area contributed by atoms with E-state index in [1.54, 1.807) is 0 Å². The summed E-state index contributed by atoms with van der Waals surface area (Å²) in [5, 5.41) is 0. The number of cyclic esters (lactones) is 4. The molecular formula is C64H98N6O14. The Labute approximate surface area is 499 Å². The number of nitrogens with zero attached hydrogens (tertiary/aromatic N) is 6. The van der Waals surface area contributed by atoms with Gasteiger partial charge in [-0.1, -0.05) is 79.7 Å². The summed E-state index contributed by atoms with van der Waals surface area (Å²) in [7, 11) is 5.65. The molecule has 20 nitrogen and oxygen atoms in total. The fourth-order valence-corrected chi connectivity index (χ4v) is 11.0. The molecule has 0 saturated carbocycles. The van der Waals surface area contributed by atoms with Crippen molar-refractivity contribution in [3.8, 4) is 0 Å². The van der Waals surface area contributed by atoms with Crippen molar-refractivity contribution < 1.29 is 66.8 Å². The summed E-state index contributed by atoms with van der Waals surface area (Å²) in [5.41, 5.74) is 3.27. The third-order valence-corrected chi connectivity index (χ3v) is 15.8. The van der Waals surface area contributed by atoms with Crippen LogP contribution < -0.4 is 9.80 Å². The Bertz CT molecular complexity index is 2290. The Morgan fingerprint density at radius 2 is 0.631 bits per heavy atom. The maximum atomic E-state index is 15.1. The Hall–Kier alpha value is -6.28. The Morgan fingerprint density at radius 1 is 0.381 bits per heavy atom. The maximum absolute atomic E-state index is 15.1. The Kier molecular flexibility index (Phi) is 26.8. The number of likely N-dealkylation sites (N-methyl/N-ethyl adjacent to an activating group) is 4. The molecule has 8 atom stereocenters. The number of carbonyl (C=O) groups is 8. The van der Waals surface area contributed by atoms with Gasteiger partial charge < -0.3 is 57.8 Å². The van der Waals surface area contributed by atoms with Gasteiger partial charge in [0.15, 0.2) is 24.4 Å². The van der Waals surface area contributed by atoms with Gasteiger partial charge in [0.2, 0.25) is 0 Å². The van der Waals surface area contributed by atoms with E-state index in [0.29, 0.717) is 37.6 Å². The number of benzene rings is 2. The molecule has 0 radical (unpaired) electrons. The number of rotatable bonds is 14. The molecule has 3 fully saturated rings. The molecule has 3 aliphatic heterocycles. The van der Waals surface area contributed by atoms with E-state index in [4.69, 9.17) is 28.4 Å². The molecule has 3 heterocycles. The minimum absolute atomic E-state index is 0.0957. The zero-order valence-electron chi connectivity index (χ0n) is 52.7. The normalized spacial score (nSPS) is 25.5. The van der Waals surface area contributed by atoms with Crippen LogP contribution in [-0.2, 0) is 79.6 Å². The van der Waals surface area contributed by atoms with Crippen LogP contribution in [0.2, 0.25) is 0 Å².